The molecule has 0 unspecified atom stereocenters. The molecular formula is C12H14BrN3O2. The SMILES string of the molecule is CCn1nccc1C(=O)N(C)Cc1ccc(Br)o1. The zero-order chi connectivity index (χ0) is 13.1. The molecule has 0 atom stereocenters. The van der Waals surface area contributed by atoms with Crippen LogP contribution in [0.2, 0.25) is 0 Å². The number of carbonyl (C=O) groups excluding carboxylic acids is 1. The van der Waals surface area contributed by atoms with E-state index in [-0.39, 0.29) is 5.91 Å². The van der Waals surface area contributed by atoms with Crippen LogP contribution in [0, 0.1) is 0 Å². The van der Waals surface area contributed by atoms with E-state index >= 15 is 0 Å². The zero-order valence-electron chi connectivity index (χ0n) is 10.3. The Labute approximate surface area is 114 Å². The van der Waals surface area contributed by atoms with E-state index in [1.165, 1.54) is 0 Å². The number of nitrogens with zero attached hydrogens (tertiary/aromatic N) is 3. The van der Waals surface area contributed by atoms with Gasteiger partial charge in [-0.1, -0.05) is 0 Å². The van der Waals surface area contributed by atoms with Crippen LogP contribution in [0.1, 0.15) is 23.2 Å². The molecule has 0 spiro atoms. The quantitative estimate of drug-likeness (QED) is 0.872. The summed E-state index contributed by atoms with van der Waals surface area (Å²) in [5.74, 6) is 0.669. The van der Waals surface area contributed by atoms with Crippen molar-refractivity contribution in [1.82, 2.24) is 14.7 Å². The maximum Gasteiger partial charge on any atom is 0.272 e. The summed E-state index contributed by atoms with van der Waals surface area (Å²) in [5, 5.41) is 4.09. The summed E-state index contributed by atoms with van der Waals surface area (Å²) in [6.07, 6.45) is 1.63. The van der Waals surface area contributed by atoms with E-state index in [2.05, 4.69) is 21.0 Å². The minimum atomic E-state index is -0.0677. The van der Waals surface area contributed by atoms with Gasteiger partial charge in [0.05, 0.1) is 6.54 Å². The zero-order valence-corrected chi connectivity index (χ0v) is 11.8. The Morgan fingerprint density at radius 3 is 2.89 bits per heavy atom. The third kappa shape index (κ3) is 2.64. The van der Waals surface area contributed by atoms with Crippen molar-refractivity contribution in [3.63, 3.8) is 0 Å². The Morgan fingerprint density at radius 2 is 2.28 bits per heavy atom. The van der Waals surface area contributed by atoms with Crippen LogP contribution in [0.15, 0.2) is 33.5 Å². The molecule has 0 aliphatic heterocycles. The topological polar surface area (TPSA) is 51.3 Å². The summed E-state index contributed by atoms with van der Waals surface area (Å²) < 4.78 is 7.72. The van der Waals surface area contributed by atoms with Crippen molar-refractivity contribution in [1.29, 1.82) is 0 Å². The van der Waals surface area contributed by atoms with Gasteiger partial charge in [-0.25, -0.2) is 0 Å². The van der Waals surface area contributed by atoms with Crippen molar-refractivity contribution >= 4 is 21.8 Å². The maximum atomic E-state index is 12.2. The van der Waals surface area contributed by atoms with Crippen LogP contribution in [-0.4, -0.2) is 27.6 Å². The van der Waals surface area contributed by atoms with Crippen molar-refractivity contribution in [3.05, 3.63) is 40.5 Å². The molecule has 0 aliphatic rings. The molecule has 2 heterocycles. The highest BCUT2D eigenvalue weighted by Crippen LogP contribution is 2.16. The van der Waals surface area contributed by atoms with Crippen molar-refractivity contribution in [2.75, 3.05) is 7.05 Å². The number of aromatic nitrogens is 2. The molecule has 0 fully saturated rings. The summed E-state index contributed by atoms with van der Waals surface area (Å²) in [7, 11) is 1.74. The van der Waals surface area contributed by atoms with Gasteiger partial charge in [-0.05, 0) is 41.1 Å². The fourth-order valence-electron chi connectivity index (χ4n) is 1.70. The van der Waals surface area contributed by atoms with E-state index in [9.17, 15) is 4.79 Å². The summed E-state index contributed by atoms with van der Waals surface area (Å²) >= 11 is 3.24. The molecule has 0 radical (unpaired) electrons. The Balaban J connectivity index is 2.09. The summed E-state index contributed by atoms with van der Waals surface area (Å²) in [6.45, 7) is 3.06. The molecule has 1 amide bonds. The van der Waals surface area contributed by atoms with Gasteiger partial charge in [0.2, 0.25) is 0 Å². The monoisotopic (exact) mass is 311 g/mol. The van der Waals surface area contributed by atoms with Crippen LogP contribution >= 0.6 is 15.9 Å². The molecule has 18 heavy (non-hydrogen) atoms. The standard InChI is InChI=1S/C12H14BrN3O2/c1-3-16-10(6-7-14-16)12(17)15(2)8-9-4-5-11(13)18-9/h4-7H,3,8H2,1-2H3. The lowest BCUT2D eigenvalue weighted by Crippen LogP contribution is -2.28. The molecule has 0 saturated carbocycles. The number of hydrogen-bond donors (Lipinski definition) is 0. The average Bonchev–Trinajstić information content (AvgIpc) is 2.96. The second-order valence-electron chi connectivity index (χ2n) is 3.90. The van der Waals surface area contributed by atoms with Gasteiger partial charge in [-0.2, -0.15) is 5.10 Å². The first kappa shape index (κ1) is 12.9. The lowest BCUT2D eigenvalue weighted by Gasteiger charge is -2.16. The van der Waals surface area contributed by atoms with Gasteiger partial charge in [0.15, 0.2) is 4.67 Å². The molecule has 0 aliphatic carbocycles. The minimum Gasteiger partial charge on any atom is -0.452 e. The van der Waals surface area contributed by atoms with Gasteiger partial charge >= 0.3 is 0 Å². The first-order valence-corrected chi connectivity index (χ1v) is 6.42. The van der Waals surface area contributed by atoms with Crippen molar-refractivity contribution < 1.29 is 9.21 Å². The van der Waals surface area contributed by atoms with Crippen LogP contribution in [0.5, 0.6) is 0 Å². The molecule has 0 saturated heterocycles. The fourth-order valence-corrected chi connectivity index (χ4v) is 2.04. The van der Waals surface area contributed by atoms with Gasteiger partial charge in [0.1, 0.15) is 11.5 Å². The van der Waals surface area contributed by atoms with Gasteiger partial charge in [-0.3, -0.25) is 9.48 Å². The van der Waals surface area contributed by atoms with Crippen LogP contribution in [-0.2, 0) is 13.1 Å². The number of halogens is 1. The van der Waals surface area contributed by atoms with E-state index < -0.39 is 0 Å². The normalized spacial score (nSPS) is 10.6. The van der Waals surface area contributed by atoms with Gasteiger partial charge in [0, 0.05) is 19.8 Å². The molecule has 96 valence electrons. The summed E-state index contributed by atoms with van der Waals surface area (Å²) in [4.78, 5) is 13.8. The second kappa shape index (κ2) is 5.39. The smallest absolute Gasteiger partial charge is 0.272 e. The van der Waals surface area contributed by atoms with Crippen molar-refractivity contribution in [3.8, 4) is 0 Å². The number of furan rings is 1. The maximum absolute atomic E-state index is 12.2. The lowest BCUT2D eigenvalue weighted by molar-refractivity contribution is 0.0762. The third-order valence-electron chi connectivity index (χ3n) is 2.60. The molecule has 0 N–H and O–H groups in total. The number of rotatable bonds is 4. The van der Waals surface area contributed by atoms with E-state index in [0.717, 1.165) is 5.76 Å². The van der Waals surface area contributed by atoms with Crippen molar-refractivity contribution in [2.45, 2.75) is 20.0 Å². The van der Waals surface area contributed by atoms with Crippen LogP contribution in [0.3, 0.4) is 0 Å². The Hall–Kier alpha value is -1.56. The van der Waals surface area contributed by atoms with E-state index in [4.69, 9.17) is 4.42 Å². The van der Waals surface area contributed by atoms with Crippen molar-refractivity contribution in [2.24, 2.45) is 0 Å². The predicted molar refractivity (Wildman–Crippen MR) is 70.1 cm³/mol. The van der Waals surface area contributed by atoms with Gasteiger partial charge in [0.25, 0.3) is 5.91 Å². The first-order chi connectivity index (χ1) is 8.61. The average molecular weight is 312 g/mol. The van der Waals surface area contributed by atoms with Crippen LogP contribution in [0.4, 0.5) is 0 Å². The first-order valence-electron chi connectivity index (χ1n) is 5.63. The minimum absolute atomic E-state index is 0.0677. The third-order valence-corrected chi connectivity index (χ3v) is 3.03. The van der Waals surface area contributed by atoms with Crippen LogP contribution in [0.25, 0.3) is 0 Å². The number of amides is 1. The number of hydrogen-bond acceptors (Lipinski definition) is 3. The molecule has 5 nitrogen and oxygen atoms in total. The molecule has 2 aromatic heterocycles. The molecule has 6 heteroatoms. The molecular weight excluding hydrogens is 298 g/mol. The highest BCUT2D eigenvalue weighted by Gasteiger charge is 2.17. The summed E-state index contributed by atoms with van der Waals surface area (Å²) in [6, 6.07) is 5.37. The van der Waals surface area contributed by atoms with E-state index in [0.29, 0.717) is 23.5 Å². The van der Waals surface area contributed by atoms with Gasteiger partial charge in [-0.15, -0.1) is 0 Å². The summed E-state index contributed by atoms with van der Waals surface area (Å²) in [5.41, 5.74) is 0.589. The highest BCUT2D eigenvalue weighted by atomic mass is 79.9. The molecule has 2 aromatic rings. The highest BCUT2D eigenvalue weighted by molar-refractivity contribution is 9.10. The molecule has 2 rings (SSSR count). The largest absolute Gasteiger partial charge is 0.452 e. The van der Waals surface area contributed by atoms with E-state index in [1.807, 2.05) is 19.1 Å². The Morgan fingerprint density at radius 1 is 1.50 bits per heavy atom. The Bertz CT molecular complexity index is 547. The Kier molecular flexibility index (Phi) is 3.86. The fraction of sp³-hybridized carbons (Fsp3) is 0.333. The lowest BCUT2D eigenvalue weighted by atomic mass is 10.3. The predicted octanol–water partition coefficient (Wildman–Crippen LogP) is 2.53. The van der Waals surface area contributed by atoms with Gasteiger partial charge < -0.3 is 9.32 Å². The second-order valence-corrected chi connectivity index (χ2v) is 4.68. The number of carbonyl (C=O) groups is 1. The van der Waals surface area contributed by atoms with E-state index in [1.54, 1.807) is 28.9 Å². The number of aryl methyl sites for hydroxylation is 1. The molecule has 0 aromatic carbocycles. The molecule has 0 bridgehead atoms. The van der Waals surface area contributed by atoms with Crippen LogP contribution < -0.4 is 0 Å².